The maximum Gasteiger partial charge on any atom is 0.293 e. The number of anilines is 2. The smallest absolute Gasteiger partial charge is 0.293 e. The summed E-state index contributed by atoms with van der Waals surface area (Å²) in [6, 6.07) is 26.7. The molecule has 1 aromatic heterocycles. The molecule has 4 aromatic carbocycles. The first-order valence-corrected chi connectivity index (χ1v) is 24.8. The molecule has 15 heteroatoms. The quantitative estimate of drug-likeness (QED) is 0.0716. The van der Waals surface area contributed by atoms with Crippen LogP contribution in [0.5, 0.6) is 5.75 Å². The lowest BCUT2D eigenvalue weighted by molar-refractivity contribution is -0.384. The molecule has 2 aliphatic carbocycles. The van der Waals surface area contributed by atoms with Crippen molar-refractivity contribution in [2.24, 2.45) is 11.3 Å². The number of nitro groups is 1. The molecule has 4 aliphatic rings. The second-order valence-corrected chi connectivity index (χ2v) is 21.7. The van der Waals surface area contributed by atoms with Crippen LogP contribution in [0.3, 0.4) is 0 Å². The highest BCUT2D eigenvalue weighted by Crippen LogP contribution is 2.53. The number of fused-ring (bicyclic) bond motifs is 1. The predicted molar refractivity (Wildman–Crippen MR) is 256 cm³/mol. The van der Waals surface area contributed by atoms with E-state index in [1.54, 1.807) is 19.2 Å². The highest BCUT2D eigenvalue weighted by molar-refractivity contribution is 7.90. The summed E-state index contributed by atoms with van der Waals surface area (Å²) in [6.07, 6.45) is 5.11. The molecule has 0 bridgehead atoms. The van der Waals surface area contributed by atoms with Gasteiger partial charge in [0.2, 0.25) is 0 Å². The number of benzene rings is 4. The van der Waals surface area contributed by atoms with Crippen molar-refractivity contribution in [3.63, 3.8) is 0 Å². The summed E-state index contributed by atoms with van der Waals surface area (Å²) in [5.41, 5.74) is 5.31. The third kappa shape index (κ3) is 9.40. The van der Waals surface area contributed by atoms with Crippen LogP contribution in [0.15, 0.2) is 94.2 Å². The molecule has 2 saturated carbocycles. The lowest BCUT2D eigenvalue weighted by Crippen LogP contribution is -2.68. The molecular formula is C51H62N6O8S. The Morgan fingerprint density at radius 2 is 1.73 bits per heavy atom. The van der Waals surface area contributed by atoms with Gasteiger partial charge in [0.1, 0.15) is 11.4 Å². The van der Waals surface area contributed by atoms with Gasteiger partial charge in [0.25, 0.3) is 21.6 Å². The van der Waals surface area contributed by atoms with Gasteiger partial charge in [-0.15, -0.1) is 0 Å². The number of aryl methyl sites for hydroxylation is 1. The Morgan fingerprint density at radius 1 is 1.00 bits per heavy atom. The molecule has 4 fully saturated rings. The summed E-state index contributed by atoms with van der Waals surface area (Å²) in [4.78, 5) is 31.9. The Hall–Kier alpha value is -5.48. The maximum absolute atomic E-state index is 13.3. The van der Waals surface area contributed by atoms with Gasteiger partial charge >= 0.3 is 0 Å². The zero-order chi connectivity index (χ0) is 46.5. The number of hydrogen-bond acceptors (Lipinski definition) is 12. The van der Waals surface area contributed by atoms with E-state index in [0.29, 0.717) is 31.3 Å². The van der Waals surface area contributed by atoms with Gasteiger partial charge in [0.05, 0.1) is 22.5 Å². The molecule has 5 aromatic rings. The van der Waals surface area contributed by atoms with E-state index in [2.05, 4.69) is 81.1 Å². The zero-order valence-corrected chi connectivity index (χ0v) is 39.4. The van der Waals surface area contributed by atoms with Crippen LogP contribution in [0.4, 0.5) is 17.1 Å². The summed E-state index contributed by atoms with van der Waals surface area (Å²) in [5.74, 6) is 1.46. The largest absolute Gasteiger partial charge is 0.493 e. The van der Waals surface area contributed by atoms with Gasteiger partial charge in [-0.25, -0.2) is 13.1 Å². The highest BCUT2D eigenvalue weighted by Gasteiger charge is 2.55. The number of hydrogen-bond donors (Lipinski definition) is 3. The minimum Gasteiger partial charge on any atom is -0.493 e. The van der Waals surface area contributed by atoms with E-state index in [-0.39, 0.29) is 33.5 Å². The van der Waals surface area contributed by atoms with Crippen LogP contribution in [0, 0.1) is 28.4 Å². The molecule has 1 spiro atoms. The minimum atomic E-state index is -4.41. The Balaban J connectivity index is 0.809. The van der Waals surface area contributed by atoms with Crippen molar-refractivity contribution in [2.45, 2.75) is 101 Å². The lowest BCUT2D eigenvalue weighted by Gasteiger charge is -2.63. The second-order valence-electron chi connectivity index (χ2n) is 20.0. The third-order valence-electron chi connectivity index (χ3n) is 14.7. The summed E-state index contributed by atoms with van der Waals surface area (Å²) in [6.45, 7) is 14.4. The van der Waals surface area contributed by atoms with Crippen LogP contribution < -0.4 is 19.7 Å². The number of furan rings is 1. The molecule has 350 valence electrons. The standard InChI is InChI=1S/C51H62N6O8S/c1-33(2)42-8-6-7-9-43(42)46-30-54(29-36-23-38-22-34(3)65-48(38)47(24-36)64-5)20-21-56(46)40-26-51(27-40)31-55(32-51)39-12-10-37(11-13-39)49(58)53-66(62,63)41-14-15-44(45(25-41)57(60)61)52-28-35-16-18-50(4,59)19-17-35/h6-15,22-25,33,35,40,46,52,59H,16-21,26-32H2,1-5H3,(H,53,58)/t35?,46-,50?/m0/s1. The van der Waals surface area contributed by atoms with Gasteiger partial charge < -0.3 is 24.5 Å². The monoisotopic (exact) mass is 918 g/mol. The van der Waals surface area contributed by atoms with Crippen LogP contribution in [0.25, 0.3) is 11.0 Å². The van der Waals surface area contributed by atoms with Crippen LogP contribution in [-0.4, -0.2) is 92.2 Å². The second kappa shape index (κ2) is 18.0. The number of nitro benzene ring substituents is 1. The number of rotatable bonds is 14. The molecule has 2 saturated heterocycles. The van der Waals surface area contributed by atoms with E-state index < -0.39 is 32.1 Å². The van der Waals surface area contributed by atoms with Crippen LogP contribution in [-0.2, 0) is 16.6 Å². The maximum atomic E-state index is 13.3. The number of piperazine rings is 1. The number of methoxy groups -OCH3 is 1. The van der Waals surface area contributed by atoms with Crippen LogP contribution in [0.1, 0.15) is 104 Å². The molecule has 1 amide bonds. The van der Waals surface area contributed by atoms with E-state index in [1.165, 1.54) is 28.8 Å². The first-order chi connectivity index (χ1) is 31.5. The van der Waals surface area contributed by atoms with E-state index in [9.17, 15) is 28.4 Å². The van der Waals surface area contributed by atoms with Gasteiger partial charge in [-0.2, -0.15) is 0 Å². The molecule has 1 atom stereocenters. The topological polar surface area (TPSA) is 171 Å². The number of nitrogens with zero attached hydrogens (tertiary/aromatic N) is 4. The van der Waals surface area contributed by atoms with E-state index in [1.807, 2.05) is 26.0 Å². The summed E-state index contributed by atoms with van der Waals surface area (Å²) >= 11 is 0. The third-order valence-corrected chi connectivity index (χ3v) is 16.0. The first-order valence-electron chi connectivity index (χ1n) is 23.3. The Kier molecular flexibility index (Phi) is 12.4. The number of sulfonamides is 1. The van der Waals surface area contributed by atoms with Gasteiger partial charge in [-0.3, -0.25) is 24.7 Å². The van der Waals surface area contributed by atoms with Gasteiger partial charge in [-0.1, -0.05) is 38.1 Å². The summed E-state index contributed by atoms with van der Waals surface area (Å²) in [7, 11) is -2.72. The first kappa shape index (κ1) is 45.7. The zero-order valence-electron chi connectivity index (χ0n) is 38.6. The van der Waals surface area contributed by atoms with Crippen molar-refractivity contribution in [1.82, 2.24) is 14.5 Å². The Labute approximate surface area is 387 Å². The summed E-state index contributed by atoms with van der Waals surface area (Å²) < 4.78 is 40.4. The van der Waals surface area contributed by atoms with Crippen molar-refractivity contribution in [3.05, 3.63) is 123 Å². The number of nitrogens with one attached hydrogen (secondary N) is 2. The van der Waals surface area contributed by atoms with E-state index in [4.69, 9.17) is 9.15 Å². The number of ether oxygens (including phenoxy) is 1. The fraction of sp³-hybridized carbons (Fsp3) is 0.471. The molecule has 3 heterocycles. The van der Waals surface area contributed by atoms with E-state index in [0.717, 1.165) is 99.2 Å². The van der Waals surface area contributed by atoms with Crippen molar-refractivity contribution >= 4 is 44.0 Å². The van der Waals surface area contributed by atoms with Crippen LogP contribution >= 0.6 is 0 Å². The molecule has 2 aliphatic heterocycles. The molecule has 9 rings (SSSR count). The predicted octanol–water partition coefficient (Wildman–Crippen LogP) is 8.78. The van der Waals surface area contributed by atoms with Crippen LogP contribution in [0.2, 0.25) is 0 Å². The van der Waals surface area contributed by atoms with E-state index >= 15 is 0 Å². The van der Waals surface area contributed by atoms with Gasteiger partial charge in [0.15, 0.2) is 11.3 Å². The molecule has 0 unspecified atom stereocenters. The number of aliphatic hydroxyl groups is 1. The van der Waals surface area contributed by atoms with Crippen molar-refractivity contribution in [3.8, 4) is 5.75 Å². The minimum absolute atomic E-state index is 0.170. The molecular weight excluding hydrogens is 857 g/mol. The molecule has 0 radical (unpaired) electrons. The fourth-order valence-corrected chi connectivity index (χ4v) is 12.0. The number of carbonyl (C=O) groups excluding carboxylic acids is 1. The Bertz CT molecular complexity index is 2710. The normalized spacial score (nSPS) is 22.6. The van der Waals surface area contributed by atoms with Crippen molar-refractivity contribution < 1.29 is 32.4 Å². The van der Waals surface area contributed by atoms with Gasteiger partial charge in [0, 0.05) is 86.0 Å². The average molecular weight is 919 g/mol. The molecule has 14 nitrogen and oxygen atoms in total. The number of carbonyl (C=O) groups is 1. The lowest BCUT2D eigenvalue weighted by atomic mass is 9.59. The Morgan fingerprint density at radius 3 is 2.42 bits per heavy atom. The van der Waals surface area contributed by atoms with Gasteiger partial charge in [-0.05, 0) is 135 Å². The number of amides is 1. The molecule has 66 heavy (non-hydrogen) atoms. The average Bonchev–Trinajstić information content (AvgIpc) is 3.65. The fourth-order valence-electron chi connectivity index (χ4n) is 11.0. The summed E-state index contributed by atoms with van der Waals surface area (Å²) in [5, 5.41) is 26.4. The SMILES string of the molecule is COc1cc(CN2CCN(C3CC4(C3)CN(c3ccc(C(=O)NS(=O)(=O)c5ccc(NCC6CCC(C)(O)CC6)c([N+](=O)[O-])c5)cc3)C4)[C@H](c3ccccc3C(C)C)C2)cc2cc(C)oc12. The molecule has 3 N–H and O–H groups in total. The highest BCUT2D eigenvalue weighted by atomic mass is 32.2. The van der Waals surface area contributed by atoms with Crippen molar-refractivity contribution in [1.29, 1.82) is 0 Å². The van der Waals surface area contributed by atoms with Crippen molar-refractivity contribution in [2.75, 3.05) is 56.6 Å².